The zero-order chi connectivity index (χ0) is 38.4. The first kappa shape index (κ1) is 37.9. The van der Waals surface area contributed by atoms with E-state index in [1.54, 1.807) is 7.11 Å². The number of halogens is 4. The third-order valence-corrected chi connectivity index (χ3v) is 11.1. The lowest BCUT2D eigenvalue weighted by Gasteiger charge is -2.41. The van der Waals surface area contributed by atoms with Crippen molar-refractivity contribution in [3.8, 4) is 40.0 Å². The Balaban J connectivity index is 1.12. The molecule has 54 heavy (non-hydrogen) atoms. The van der Waals surface area contributed by atoms with Crippen molar-refractivity contribution >= 4 is 17.6 Å². The van der Waals surface area contributed by atoms with Crippen LogP contribution in [0.3, 0.4) is 0 Å². The summed E-state index contributed by atoms with van der Waals surface area (Å²) in [7, 11) is 2.88. The number of rotatable bonds is 14. The number of pyridine rings is 2. The van der Waals surface area contributed by atoms with E-state index in [4.69, 9.17) is 30.8 Å². The summed E-state index contributed by atoms with van der Waals surface area (Å²) in [5, 5.41) is 26.4. The SMILES string of the molecule is COc1nc(-c2cccc(-c3cccc4c3CC[C@@H]4Oc3nc(OC)c(CNCC4(C(=O)O)CC4)cc3C(F)(F)F)c2Cl)ccc1CNC1CC(C)(O)C1. The molecule has 4 N–H and O–H groups in total. The molecule has 0 amide bonds. The topological polar surface area (TPSA) is 135 Å². The van der Waals surface area contributed by atoms with Crippen molar-refractivity contribution in [3.05, 3.63) is 87.4 Å². The summed E-state index contributed by atoms with van der Waals surface area (Å²) < 4.78 is 60.4. The first-order valence-corrected chi connectivity index (χ1v) is 18.3. The highest BCUT2D eigenvalue weighted by molar-refractivity contribution is 6.36. The van der Waals surface area contributed by atoms with E-state index in [1.807, 2.05) is 55.5 Å². The molecular weight excluding hydrogens is 725 g/mol. The number of hydrogen-bond donors (Lipinski definition) is 4. The van der Waals surface area contributed by atoms with Crippen LogP contribution in [0.1, 0.15) is 72.9 Å². The van der Waals surface area contributed by atoms with Crippen molar-refractivity contribution in [2.45, 2.75) is 82.5 Å². The summed E-state index contributed by atoms with van der Waals surface area (Å²) in [6.45, 7) is 2.43. The molecule has 0 saturated heterocycles. The second kappa shape index (κ2) is 14.7. The molecule has 286 valence electrons. The quantitative estimate of drug-likeness (QED) is 0.102. The van der Waals surface area contributed by atoms with Gasteiger partial charge in [-0.2, -0.15) is 18.2 Å². The van der Waals surface area contributed by atoms with Crippen LogP contribution >= 0.6 is 11.6 Å². The van der Waals surface area contributed by atoms with Crippen LogP contribution in [0, 0.1) is 5.41 Å². The van der Waals surface area contributed by atoms with Gasteiger partial charge in [-0.1, -0.05) is 54.1 Å². The summed E-state index contributed by atoms with van der Waals surface area (Å²) in [6.07, 6.45) is -2.14. The fourth-order valence-corrected chi connectivity index (χ4v) is 7.89. The first-order valence-electron chi connectivity index (χ1n) is 17.9. The predicted octanol–water partition coefficient (Wildman–Crippen LogP) is 7.52. The van der Waals surface area contributed by atoms with Crippen molar-refractivity contribution in [1.82, 2.24) is 20.6 Å². The Morgan fingerprint density at radius 2 is 1.63 bits per heavy atom. The van der Waals surface area contributed by atoms with Crippen LogP contribution in [0.2, 0.25) is 5.02 Å². The molecule has 0 spiro atoms. The van der Waals surface area contributed by atoms with Crippen LogP contribution in [0.25, 0.3) is 22.4 Å². The lowest BCUT2D eigenvalue weighted by molar-refractivity contribution is -0.143. The molecule has 3 aliphatic carbocycles. The predicted molar refractivity (Wildman–Crippen MR) is 196 cm³/mol. The lowest BCUT2D eigenvalue weighted by atomic mass is 9.77. The molecule has 2 heterocycles. The molecule has 4 aromatic rings. The number of ether oxygens (including phenoxy) is 3. The largest absolute Gasteiger partial charge is 0.481 e. The highest BCUT2D eigenvalue weighted by atomic mass is 35.5. The molecule has 2 aromatic carbocycles. The van der Waals surface area contributed by atoms with Crippen molar-refractivity contribution in [3.63, 3.8) is 0 Å². The number of aromatic nitrogens is 2. The molecule has 0 radical (unpaired) electrons. The Bertz CT molecular complexity index is 2060. The first-order chi connectivity index (χ1) is 25.7. The van der Waals surface area contributed by atoms with Crippen molar-refractivity contribution in [2.75, 3.05) is 20.8 Å². The van der Waals surface area contributed by atoms with Gasteiger partial charge < -0.3 is 35.1 Å². The second-order valence-corrected chi connectivity index (χ2v) is 15.1. The van der Waals surface area contributed by atoms with Gasteiger partial charge in [-0.3, -0.25) is 4.79 Å². The average molecular weight is 767 g/mol. The third kappa shape index (κ3) is 7.59. The standard InChI is InChI=1S/C40H42ClF3N4O6/c1-38(51)17-24(18-38)46-20-22-10-12-31(47-34(22)52-2)29-9-5-8-28(33(29)41)25-6-4-7-27-26(25)11-13-32(27)54-36-30(40(42,43)44)16-23(35(48-36)53-3)19-45-21-39(14-15-39)37(49)50/h4-10,12,16,24,32,45-46,51H,11,13-15,17-21H2,1-3H3,(H,49,50)/t24?,32-,38?/m0/s1. The molecule has 7 rings (SSSR count). The van der Waals surface area contributed by atoms with Gasteiger partial charge in [0.2, 0.25) is 17.6 Å². The van der Waals surface area contributed by atoms with Crippen LogP contribution in [-0.4, -0.2) is 58.6 Å². The molecule has 2 aromatic heterocycles. The monoisotopic (exact) mass is 766 g/mol. The van der Waals surface area contributed by atoms with E-state index in [2.05, 4.69) is 15.6 Å². The summed E-state index contributed by atoms with van der Waals surface area (Å²) in [4.78, 5) is 20.5. The summed E-state index contributed by atoms with van der Waals surface area (Å²) in [5.41, 5.74) is 3.02. The van der Waals surface area contributed by atoms with Gasteiger partial charge in [0.15, 0.2) is 0 Å². The van der Waals surface area contributed by atoms with Crippen LogP contribution in [0.15, 0.2) is 54.6 Å². The molecule has 0 unspecified atom stereocenters. The number of nitrogens with one attached hydrogen (secondary N) is 2. The van der Waals surface area contributed by atoms with E-state index in [0.29, 0.717) is 67.2 Å². The van der Waals surface area contributed by atoms with E-state index < -0.39 is 40.7 Å². The fourth-order valence-electron chi connectivity index (χ4n) is 7.57. The summed E-state index contributed by atoms with van der Waals surface area (Å²) in [6, 6.07) is 16.3. The number of aliphatic hydroxyl groups is 1. The average Bonchev–Trinajstić information content (AvgIpc) is 3.82. The normalized spacial score (nSPS) is 21.3. The van der Waals surface area contributed by atoms with Gasteiger partial charge in [0, 0.05) is 47.9 Å². The molecule has 2 saturated carbocycles. The molecule has 3 aliphatic rings. The molecule has 10 nitrogen and oxygen atoms in total. The van der Waals surface area contributed by atoms with Crippen LogP contribution in [-0.2, 0) is 30.5 Å². The summed E-state index contributed by atoms with van der Waals surface area (Å²) in [5.74, 6) is -1.09. The number of fused-ring (bicyclic) bond motifs is 1. The van der Waals surface area contributed by atoms with Gasteiger partial charge in [0.25, 0.3) is 0 Å². The maximum atomic E-state index is 14.5. The number of benzene rings is 2. The summed E-state index contributed by atoms with van der Waals surface area (Å²) >= 11 is 7.10. The lowest BCUT2D eigenvalue weighted by Crippen LogP contribution is -2.51. The number of methoxy groups -OCH3 is 2. The number of alkyl halides is 3. The molecule has 0 bridgehead atoms. The minimum absolute atomic E-state index is 0.0385. The second-order valence-electron chi connectivity index (χ2n) is 14.7. The Morgan fingerprint density at radius 1 is 0.944 bits per heavy atom. The number of aliphatic carboxylic acids is 1. The molecule has 2 fully saturated rings. The Hall–Kier alpha value is -4.43. The van der Waals surface area contributed by atoms with Crippen molar-refractivity contribution in [1.29, 1.82) is 0 Å². The van der Waals surface area contributed by atoms with Gasteiger partial charge in [-0.15, -0.1) is 0 Å². The minimum Gasteiger partial charge on any atom is -0.481 e. The number of hydrogen-bond acceptors (Lipinski definition) is 9. The van der Waals surface area contributed by atoms with E-state index >= 15 is 0 Å². The smallest absolute Gasteiger partial charge is 0.421 e. The molecule has 1 atom stereocenters. The fraction of sp³-hybridized carbons (Fsp3) is 0.425. The van der Waals surface area contributed by atoms with E-state index in [1.165, 1.54) is 7.11 Å². The van der Waals surface area contributed by atoms with Crippen LogP contribution in [0.4, 0.5) is 13.2 Å². The van der Waals surface area contributed by atoms with Gasteiger partial charge in [0.1, 0.15) is 11.7 Å². The van der Waals surface area contributed by atoms with Crippen LogP contribution in [0.5, 0.6) is 17.6 Å². The Labute approximate surface area is 316 Å². The Kier molecular flexibility index (Phi) is 10.3. The van der Waals surface area contributed by atoms with Gasteiger partial charge in [-0.05, 0) is 74.3 Å². The zero-order valence-electron chi connectivity index (χ0n) is 30.1. The minimum atomic E-state index is -4.77. The maximum Gasteiger partial charge on any atom is 0.421 e. The molecular formula is C40H42ClF3N4O6. The number of nitrogens with zero attached hydrogens (tertiary/aromatic N) is 2. The van der Waals surface area contributed by atoms with Crippen LogP contribution < -0.4 is 24.8 Å². The van der Waals surface area contributed by atoms with E-state index in [0.717, 1.165) is 33.9 Å². The highest BCUT2D eigenvalue weighted by Crippen LogP contribution is 2.47. The van der Waals surface area contributed by atoms with Gasteiger partial charge >= 0.3 is 12.1 Å². The number of carboxylic acids is 1. The van der Waals surface area contributed by atoms with Gasteiger partial charge in [0.05, 0.1) is 36.0 Å². The number of carbonyl (C=O) groups is 1. The van der Waals surface area contributed by atoms with E-state index in [-0.39, 0.29) is 30.6 Å². The van der Waals surface area contributed by atoms with Crippen molar-refractivity contribution in [2.24, 2.45) is 5.41 Å². The maximum absolute atomic E-state index is 14.5. The van der Waals surface area contributed by atoms with Crippen molar-refractivity contribution < 1.29 is 42.4 Å². The number of carboxylic acid groups (broad SMARTS) is 1. The molecule has 0 aliphatic heterocycles. The Morgan fingerprint density at radius 3 is 2.30 bits per heavy atom. The molecule has 14 heteroatoms. The van der Waals surface area contributed by atoms with Gasteiger partial charge in [-0.25, -0.2) is 4.98 Å². The highest BCUT2D eigenvalue weighted by Gasteiger charge is 2.50. The van der Waals surface area contributed by atoms with E-state index in [9.17, 15) is 28.2 Å². The zero-order valence-corrected chi connectivity index (χ0v) is 30.9. The third-order valence-electron chi connectivity index (χ3n) is 10.7.